The summed E-state index contributed by atoms with van der Waals surface area (Å²) in [6.45, 7) is 7.61. The minimum absolute atomic E-state index is 0.193. The van der Waals surface area contributed by atoms with Gasteiger partial charge in [0.25, 0.3) is 0 Å². The lowest BCUT2D eigenvalue weighted by Gasteiger charge is -2.29. The highest BCUT2D eigenvalue weighted by molar-refractivity contribution is 6.03. The highest BCUT2D eigenvalue weighted by Gasteiger charge is 2.31. The van der Waals surface area contributed by atoms with E-state index < -0.39 is 0 Å². The van der Waals surface area contributed by atoms with Crippen LogP contribution in [0.2, 0.25) is 0 Å². The maximum absolute atomic E-state index is 9.00. The Labute approximate surface area is 121 Å². The zero-order valence-corrected chi connectivity index (χ0v) is 12.6. The minimum atomic E-state index is 0.193. The molecule has 0 atom stereocenters. The van der Waals surface area contributed by atoms with Crippen LogP contribution in [-0.2, 0) is 0 Å². The number of para-hydroxylation sites is 1. The summed E-state index contributed by atoms with van der Waals surface area (Å²) in [5.74, 6) is 0.867. The highest BCUT2D eigenvalue weighted by Crippen LogP contribution is 2.36. The Morgan fingerprint density at radius 2 is 2.15 bits per heavy atom. The van der Waals surface area contributed by atoms with Crippen molar-refractivity contribution in [2.45, 2.75) is 46.1 Å². The molecule has 1 aromatic rings. The lowest BCUT2D eigenvalue weighted by molar-refractivity contribution is 0.318. The summed E-state index contributed by atoms with van der Waals surface area (Å²) >= 11 is 0. The summed E-state index contributed by atoms with van der Waals surface area (Å²) in [5.41, 5.74) is 9.00. The van der Waals surface area contributed by atoms with Crippen LogP contribution in [0, 0.1) is 12.8 Å². The van der Waals surface area contributed by atoms with Crippen molar-refractivity contribution in [3.05, 3.63) is 29.3 Å². The molecule has 2 rings (SSSR count). The van der Waals surface area contributed by atoms with Crippen LogP contribution in [0.5, 0.6) is 0 Å². The molecule has 20 heavy (non-hydrogen) atoms. The van der Waals surface area contributed by atoms with Gasteiger partial charge in [0.1, 0.15) is 0 Å². The highest BCUT2D eigenvalue weighted by atomic mass is 16.4. The summed E-state index contributed by atoms with van der Waals surface area (Å²) in [7, 11) is 0. The number of hydrogen-bond donors (Lipinski definition) is 2. The van der Waals surface area contributed by atoms with Crippen LogP contribution in [0.1, 0.15) is 44.2 Å². The molecule has 1 aliphatic rings. The topological polar surface area (TPSA) is 61.9 Å². The van der Waals surface area contributed by atoms with Gasteiger partial charge in [-0.1, -0.05) is 31.1 Å². The zero-order valence-electron chi connectivity index (χ0n) is 12.6. The Bertz CT molecular complexity index is 492. The molecule has 1 aliphatic carbocycles. The molecule has 0 aliphatic heterocycles. The molecule has 1 fully saturated rings. The van der Waals surface area contributed by atoms with Gasteiger partial charge in [0.15, 0.2) is 5.84 Å². The molecule has 0 saturated heterocycles. The number of aryl methyl sites for hydroxylation is 1. The average Bonchev–Trinajstić information content (AvgIpc) is 3.23. The monoisotopic (exact) mass is 275 g/mol. The number of hydrogen-bond acceptors (Lipinski definition) is 3. The maximum atomic E-state index is 9.00. The average molecular weight is 275 g/mol. The Hall–Kier alpha value is -1.71. The predicted octanol–water partition coefficient (Wildman–Crippen LogP) is 3.10. The van der Waals surface area contributed by atoms with Gasteiger partial charge < -0.3 is 15.8 Å². The van der Waals surface area contributed by atoms with Crippen LogP contribution in [-0.4, -0.2) is 23.6 Å². The number of amidine groups is 1. The lowest BCUT2D eigenvalue weighted by Crippen LogP contribution is -2.31. The second-order valence-corrected chi connectivity index (χ2v) is 6.06. The van der Waals surface area contributed by atoms with Crippen molar-refractivity contribution >= 4 is 11.5 Å². The van der Waals surface area contributed by atoms with Crippen molar-refractivity contribution < 1.29 is 5.21 Å². The largest absolute Gasteiger partial charge is 0.409 e. The Balaban J connectivity index is 2.36. The van der Waals surface area contributed by atoms with Gasteiger partial charge in [-0.25, -0.2) is 0 Å². The third-order valence-corrected chi connectivity index (χ3v) is 3.84. The first kappa shape index (κ1) is 14.7. The van der Waals surface area contributed by atoms with E-state index in [1.54, 1.807) is 0 Å². The van der Waals surface area contributed by atoms with E-state index in [0.717, 1.165) is 24.2 Å². The first-order valence-corrected chi connectivity index (χ1v) is 7.38. The number of anilines is 1. The van der Waals surface area contributed by atoms with Gasteiger partial charge in [-0.2, -0.15) is 0 Å². The molecule has 0 amide bonds. The first-order valence-electron chi connectivity index (χ1n) is 7.38. The molecular weight excluding hydrogens is 250 g/mol. The molecule has 0 heterocycles. The van der Waals surface area contributed by atoms with Crippen molar-refractivity contribution in [2.75, 3.05) is 11.4 Å². The Kier molecular flexibility index (Phi) is 4.53. The van der Waals surface area contributed by atoms with Gasteiger partial charge in [-0.3, -0.25) is 0 Å². The molecule has 0 unspecified atom stereocenters. The van der Waals surface area contributed by atoms with E-state index >= 15 is 0 Å². The van der Waals surface area contributed by atoms with Crippen molar-refractivity contribution in [3.8, 4) is 0 Å². The van der Waals surface area contributed by atoms with Crippen molar-refractivity contribution in [2.24, 2.45) is 16.8 Å². The van der Waals surface area contributed by atoms with E-state index in [4.69, 9.17) is 10.9 Å². The van der Waals surface area contributed by atoms with Crippen molar-refractivity contribution in [1.82, 2.24) is 0 Å². The van der Waals surface area contributed by atoms with Gasteiger partial charge in [0, 0.05) is 18.2 Å². The van der Waals surface area contributed by atoms with Gasteiger partial charge in [-0.15, -0.1) is 0 Å². The molecule has 4 heteroatoms. The first-order chi connectivity index (χ1) is 9.54. The third-order valence-electron chi connectivity index (χ3n) is 3.84. The number of benzene rings is 1. The van der Waals surface area contributed by atoms with Gasteiger partial charge in [0.05, 0.1) is 5.69 Å². The summed E-state index contributed by atoms with van der Waals surface area (Å²) in [4.78, 5) is 2.45. The maximum Gasteiger partial charge on any atom is 0.172 e. The van der Waals surface area contributed by atoms with Crippen molar-refractivity contribution in [1.29, 1.82) is 0 Å². The molecule has 4 nitrogen and oxygen atoms in total. The predicted molar refractivity (Wildman–Crippen MR) is 83.5 cm³/mol. The second kappa shape index (κ2) is 6.16. The molecule has 1 saturated carbocycles. The fourth-order valence-electron chi connectivity index (χ4n) is 2.56. The molecule has 0 aromatic heterocycles. The van der Waals surface area contributed by atoms with E-state index in [9.17, 15) is 0 Å². The van der Waals surface area contributed by atoms with Crippen LogP contribution in [0.15, 0.2) is 23.4 Å². The SMILES string of the molecule is Cc1cccc(/C(N)=N/O)c1N(CCC(C)C)C1CC1. The van der Waals surface area contributed by atoms with E-state index in [1.165, 1.54) is 18.4 Å². The summed E-state index contributed by atoms with van der Waals surface area (Å²) in [6, 6.07) is 6.59. The smallest absolute Gasteiger partial charge is 0.172 e. The van der Waals surface area contributed by atoms with Gasteiger partial charge in [-0.05, 0) is 43.7 Å². The van der Waals surface area contributed by atoms with E-state index in [0.29, 0.717) is 12.0 Å². The number of nitrogens with zero attached hydrogens (tertiary/aromatic N) is 2. The Morgan fingerprint density at radius 1 is 1.45 bits per heavy atom. The van der Waals surface area contributed by atoms with Crippen LogP contribution >= 0.6 is 0 Å². The molecule has 3 N–H and O–H groups in total. The minimum Gasteiger partial charge on any atom is -0.409 e. The van der Waals surface area contributed by atoms with Crippen LogP contribution < -0.4 is 10.6 Å². The fourth-order valence-corrected chi connectivity index (χ4v) is 2.56. The number of rotatable bonds is 6. The molecule has 0 spiro atoms. The lowest BCUT2D eigenvalue weighted by atomic mass is 10.0. The molecule has 0 radical (unpaired) electrons. The number of nitrogens with two attached hydrogens (primary N) is 1. The third kappa shape index (κ3) is 3.24. The molecule has 110 valence electrons. The van der Waals surface area contributed by atoms with Gasteiger partial charge in [0.2, 0.25) is 0 Å². The summed E-state index contributed by atoms with van der Waals surface area (Å²) in [6.07, 6.45) is 3.63. The Morgan fingerprint density at radius 3 is 2.70 bits per heavy atom. The van der Waals surface area contributed by atoms with Gasteiger partial charge >= 0.3 is 0 Å². The summed E-state index contributed by atoms with van der Waals surface area (Å²) in [5, 5.41) is 12.2. The molecule has 0 bridgehead atoms. The van der Waals surface area contributed by atoms with Crippen LogP contribution in [0.3, 0.4) is 0 Å². The van der Waals surface area contributed by atoms with Crippen molar-refractivity contribution in [3.63, 3.8) is 0 Å². The van der Waals surface area contributed by atoms with E-state index in [2.05, 4.69) is 36.9 Å². The number of oxime groups is 1. The van der Waals surface area contributed by atoms with E-state index in [1.807, 2.05) is 12.1 Å². The van der Waals surface area contributed by atoms with Crippen LogP contribution in [0.25, 0.3) is 0 Å². The molecule has 1 aromatic carbocycles. The fraction of sp³-hybridized carbons (Fsp3) is 0.562. The molecular formula is C16H25N3O. The summed E-state index contributed by atoms with van der Waals surface area (Å²) < 4.78 is 0. The quantitative estimate of drug-likeness (QED) is 0.363. The van der Waals surface area contributed by atoms with Crippen LogP contribution in [0.4, 0.5) is 5.69 Å². The van der Waals surface area contributed by atoms with E-state index in [-0.39, 0.29) is 5.84 Å². The second-order valence-electron chi connectivity index (χ2n) is 6.06. The standard InChI is InChI=1S/C16H25N3O/c1-11(2)9-10-19(13-7-8-13)15-12(3)5-4-6-14(15)16(17)18-20/h4-6,11,13,20H,7-10H2,1-3H3,(H2,17,18). The zero-order chi connectivity index (χ0) is 14.7. The normalized spacial score (nSPS) is 15.7.